The van der Waals surface area contributed by atoms with Gasteiger partial charge in [-0.25, -0.2) is 0 Å². The molecule has 0 unspecified atom stereocenters. The van der Waals surface area contributed by atoms with Crippen LogP contribution in [0.3, 0.4) is 0 Å². The number of rotatable bonds is 8. The normalized spacial score (nSPS) is 10.9. The number of hydrogen-bond donors (Lipinski definition) is 0. The summed E-state index contributed by atoms with van der Waals surface area (Å²) in [5, 5.41) is 9.59. The molecule has 3 aromatic carbocycles. The first kappa shape index (κ1) is 21.5. The number of methoxy groups -OCH3 is 2. The van der Waals surface area contributed by atoms with Crippen LogP contribution in [0.4, 0.5) is 0 Å². The third-order valence-corrected chi connectivity index (χ3v) is 5.83. The lowest BCUT2D eigenvalue weighted by molar-refractivity contribution is 0.416. The fourth-order valence-electron chi connectivity index (χ4n) is 4.11. The molecule has 0 aliphatic carbocycles. The largest absolute Gasteiger partial charge is 0.496 e. The average molecular weight is 451 g/mol. The molecule has 0 fully saturated rings. The van der Waals surface area contributed by atoms with E-state index in [0.717, 1.165) is 34.0 Å². The number of hydrogen-bond acceptors (Lipinski definition) is 4. The van der Waals surface area contributed by atoms with E-state index in [1.807, 2.05) is 82.4 Å². The quantitative estimate of drug-likeness (QED) is 0.312. The van der Waals surface area contributed by atoms with Gasteiger partial charge in [0, 0.05) is 23.5 Å². The van der Waals surface area contributed by atoms with Gasteiger partial charge in [0.15, 0.2) is 0 Å². The monoisotopic (exact) mass is 450 g/mol. The minimum atomic E-state index is 0.673. The van der Waals surface area contributed by atoms with Crippen LogP contribution in [-0.4, -0.2) is 33.8 Å². The Balaban J connectivity index is 1.36. The van der Waals surface area contributed by atoms with Gasteiger partial charge in [-0.15, -0.1) is 0 Å². The summed E-state index contributed by atoms with van der Waals surface area (Å²) in [5.74, 6) is 1.63. The Hall–Kier alpha value is -4.32. The summed E-state index contributed by atoms with van der Waals surface area (Å²) in [7, 11) is 3.36. The van der Waals surface area contributed by atoms with Crippen molar-refractivity contribution in [3.05, 3.63) is 108 Å². The zero-order chi connectivity index (χ0) is 23.3. The summed E-state index contributed by atoms with van der Waals surface area (Å²) in [5.41, 5.74) is 6.15. The van der Waals surface area contributed by atoms with E-state index in [2.05, 4.69) is 24.3 Å². The van der Waals surface area contributed by atoms with Crippen LogP contribution < -0.4 is 9.47 Å². The zero-order valence-electron chi connectivity index (χ0n) is 19.3. The van der Waals surface area contributed by atoms with Crippen molar-refractivity contribution in [3.63, 3.8) is 0 Å². The van der Waals surface area contributed by atoms with Crippen LogP contribution in [0, 0.1) is 0 Å². The molecular weight excluding hydrogens is 424 g/mol. The van der Waals surface area contributed by atoms with Gasteiger partial charge in [-0.05, 0) is 47.5 Å². The fraction of sp³-hybridized carbons (Fsp3) is 0.143. The molecule has 5 rings (SSSR count). The second kappa shape index (κ2) is 9.67. The van der Waals surface area contributed by atoms with Crippen molar-refractivity contribution >= 4 is 0 Å². The minimum Gasteiger partial charge on any atom is -0.496 e. The number of para-hydroxylation sites is 2. The van der Waals surface area contributed by atoms with Gasteiger partial charge in [0.25, 0.3) is 0 Å². The Kier molecular flexibility index (Phi) is 6.12. The van der Waals surface area contributed by atoms with Crippen LogP contribution in [0.5, 0.6) is 11.5 Å². The second-order valence-corrected chi connectivity index (χ2v) is 7.97. The van der Waals surface area contributed by atoms with Crippen molar-refractivity contribution in [2.45, 2.75) is 13.1 Å². The van der Waals surface area contributed by atoms with E-state index in [1.54, 1.807) is 14.2 Å². The molecule has 0 saturated heterocycles. The van der Waals surface area contributed by atoms with Crippen molar-refractivity contribution in [2.24, 2.45) is 0 Å². The molecule has 0 radical (unpaired) electrons. The number of aromatic nitrogens is 4. The first-order chi connectivity index (χ1) is 16.7. The molecule has 5 aromatic rings. The average Bonchev–Trinajstić information content (AvgIpc) is 3.55. The van der Waals surface area contributed by atoms with Gasteiger partial charge in [-0.1, -0.05) is 48.5 Å². The maximum Gasteiger partial charge on any atom is 0.128 e. The molecule has 170 valence electrons. The van der Waals surface area contributed by atoms with Crippen LogP contribution in [0.2, 0.25) is 0 Å². The maximum absolute atomic E-state index is 5.49. The topological polar surface area (TPSA) is 54.1 Å². The lowest BCUT2D eigenvalue weighted by Gasteiger charge is -2.10. The van der Waals surface area contributed by atoms with E-state index < -0.39 is 0 Å². The summed E-state index contributed by atoms with van der Waals surface area (Å²) >= 11 is 0. The molecule has 0 amide bonds. The molecule has 0 aliphatic heterocycles. The van der Waals surface area contributed by atoms with Crippen LogP contribution in [0.25, 0.3) is 22.5 Å². The number of ether oxygens (including phenoxy) is 2. The molecule has 0 bridgehead atoms. The van der Waals surface area contributed by atoms with Crippen molar-refractivity contribution in [3.8, 4) is 34.0 Å². The van der Waals surface area contributed by atoms with Crippen molar-refractivity contribution in [1.29, 1.82) is 0 Å². The molecule has 2 aromatic heterocycles. The van der Waals surface area contributed by atoms with Gasteiger partial charge in [0.2, 0.25) is 0 Å². The van der Waals surface area contributed by atoms with E-state index in [-0.39, 0.29) is 0 Å². The van der Waals surface area contributed by atoms with Crippen molar-refractivity contribution in [1.82, 2.24) is 19.6 Å². The third kappa shape index (κ3) is 4.43. The predicted octanol–water partition coefficient (Wildman–Crippen LogP) is 5.53. The molecule has 2 heterocycles. The van der Waals surface area contributed by atoms with Gasteiger partial charge in [0.05, 0.1) is 38.7 Å². The molecule has 6 nitrogen and oxygen atoms in total. The Morgan fingerprint density at radius 2 is 0.971 bits per heavy atom. The highest BCUT2D eigenvalue weighted by molar-refractivity contribution is 5.67. The Morgan fingerprint density at radius 3 is 1.41 bits per heavy atom. The number of nitrogens with zero attached hydrogens (tertiary/aromatic N) is 4. The first-order valence-electron chi connectivity index (χ1n) is 11.2. The zero-order valence-corrected chi connectivity index (χ0v) is 19.3. The molecule has 0 spiro atoms. The SMILES string of the molecule is COc1ccccc1-c1ccn(Cc2ccccc2Cn2ccc(-c3ccccc3OC)n2)n1. The molecule has 0 aliphatic rings. The fourth-order valence-corrected chi connectivity index (χ4v) is 4.11. The standard InChI is InChI=1S/C28H26N4O2/c1-33-27-13-7-5-11-23(27)25-15-17-31(29-25)19-21-9-3-4-10-22(21)20-32-18-16-26(30-32)24-12-6-8-14-28(24)34-2/h3-18H,19-20H2,1-2H3. The molecule has 0 N–H and O–H groups in total. The Morgan fingerprint density at radius 1 is 0.559 bits per heavy atom. The molecular formula is C28H26N4O2. The van der Waals surface area contributed by atoms with E-state index in [9.17, 15) is 0 Å². The summed E-state index contributed by atoms with van der Waals surface area (Å²) < 4.78 is 14.9. The second-order valence-electron chi connectivity index (χ2n) is 7.97. The van der Waals surface area contributed by atoms with Gasteiger partial charge >= 0.3 is 0 Å². The van der Waals surface area contributed by atoms with Gasteiger partial charge in [0.1, 0.15) is 11.5 Å². The van der Waals surface area contributed by atoms with Crippen molar-refractivity contribution in [2.75, 3.05) is 14.2 Å². The van der Waals surface area contributed by atoms with E-state index in [4.69, 9.17) is 19.7 Å². The predicted molar refractivity (Wildman–Crippen MR) is 133 cm³/mol. The Bertz CT molecular complexity index is 1300. The molecule has 6 heteroatoms. The highest BCUT2D eigenvalue weighted by Gasteiger charge is 2.12. The summed E-state index contributed by atoms with van der Waals surface area (Å²) in [6.45, 7) is 1.35. The number of benzene rings is 3. The minimum absolute atomic E-state index is 0.673. The lowest BCUT2D eigenvalue weighted by atomic mass is 10.1. The van der Waals surface area contributed by atoms with E-state index in [0.29, 0.717) is 13.1 Å². The van der Waals surface area contributed by atoms with Gasteiger partial charge < -0.3 is 9.47 Å². The highest BCUT2D eigenvalue weighted by atomic mass is 16.5. The van der Waals surface area contributed by atoms with E-state index in [1.165, 1.54) is 11.1 Å². The summed E-state index contributed by atoms with van der Waals surface area (Å²) in [6, 6.07) is 28.3. The van der Waals surface area contributed by atoms with Gasteiger partial charge in [-0.2, -0.15) is 10.2 Å². The molecule has 0 atom stereocenters. The molecule has 34 heavy (non-hydrogen) atoms. The lowest BCUT2D eigenvalue weighted by Crippen LogP contribution is -2.08. The first-order valence-corrected chi connectivity index (χ1v) is 11.2. The van der Waals surface area contributed by atoms with Crippen LogP contribution in [0.1, 0.15) is 11.1 Å². The van der Waals surface area contributed by atoms with Crippen LogP contribution in [-0.2, 0) is 13.1 Å². The molecule has 0 saturated carbocycles. The maximum atomic E-state index is 5.49. The van der Waals surface area contributed by atoms with Crippen molar-refractivity contribution < 1.29 is 9.47 Å². The van der Waals surface area contributed by atoms with Gasteiger partial charge in [-0.3, -0.25) is 9.36 Å². The summed E-state index contributed by atoms with van der Waals surface area (Å²) in [4.78, 5) is 0. The van der Waals surface area contributed by atoms with Crippen LogP contribution in [0.15, 0.2) is 97.3 Å². The van der Waals surface area contributed by atoms with Crippen LogP contribution >= 0.6 is 0 Å². The van der Waals surface area contributed by atoms with E-state index >= 15 is 0 Å². The third-order valence-electron chi connectivity index (χ3n) is 5.83. The highest BCUT2D eigenvalue weighted by Crippen LogP contribution is 2.29. The smallest absolute Gasteiger partial charge is 0.128 e. The Labute approximate surface area is 199 Å². The summed E-state index contributed by atoms with van der Waals surface area (Å²) in [6.07, 6.45) is 4.01.